The van der Waals surface area contributed by atoms with E-state index in [0.29, 0.717) is 13.0 Å². The quantitative estimate of drug-likeness (QED) is 0.734. The molecule has 0 spiro atoms. The zero-order chi connectivity index (χ0) is 11.0. The van der Waals surface area contributed by atoms with Gasteiger partial charge in [-0.3, -0.25) is 9.78 Å². The average Bonchev–Trinajstić information content (AvgIpc) is 2.45. The largest absolute Gasteiger partial charge is 0.311 e. The Hall–Kier alpha value is -1.03. The molecule has 2 rings (SSSR count). The van der Waals surface area contributed by atoms with E-state index in [9.17, 15) is 4.79 Å². The third-order valence-electron chi connectivity index (χ3n) is 2.66. The van der Waals surface area contributed by atoms with Gasteiger partial charge in [0.2, 0.25) is 5.91 Å². The summed E-state index contributed by atoms with van der Waals surface area (Å²) in [5.74, 6) is 0.160. The van der Waals surface area contributed by atoms with Crippen LogP contribution in [0.15, 0.2) is 12.4 Å². The molecule has 1 aliphatic heterocycles. The maximum atomic E-state index is 11.7. The highest BCUT2D eigenvalue weighted by molar-refractivity contribution is 7.81. The predicted octanol–water partition coefficient (Wildman–Crippen LogP) is 1.73. The molecule has 1 aromatic rings. The first-order valence-corrected chi connectivity index (χ1v) is 5.51. The molecule has 1 fully saturated rings. The van der Waals surface area contributed by atoms with Crippen molar-refractivity contribution in [1.82, 2.24) is 4.98 Å². The number of pyridine rings is 1. The van der Waals surface area contributed by atoms with E-state index in [-0.39, 0.29) is 11.2 Å². The Morgan fingerprint density at radius 3 is 2.47 bits per heavy atom. The fourth-order valence-corrected chi connectivity index (χ4v) is 2.34. The molecule has 0 bridgehead atoms. The molecule has 1 amide bonds. The van der Waals surface area contributed by atoms with E-state index in [1.807, 2.05) is 18.7 Å². The van der Waals surface area contributed by atoms with Gasteiger partial charge in [-0.25, -0.2) is 0 Å². The SMILES string of the molecule is Cc1cncc(C)c1N1CC(S)CC1=O. The summed E-state index contributed by atoms with van der Waals surface area (Å²) >= 11 is 4.35. The van der Waals surface area contributed by atoms with Crippen LogP contribution in [0.1, 0.15) is 17.5 Å². The lowest BCUT2D eigenvalue weighted by molar-refractivity contribution is -0.117. The summed E-state index contributed by atoms with van der Waals surface area (Å²) in [6.45, 7) is 4.66. The van der Waals surface area contributed by atoms with Crippen LogP contribution in [0.3, 0.4) is 0 Å². The molecule has 15 heavy (non-hydrogen) atoms. The molecule has 4 heteroatoms. The monoisotopic (exact) mass is 222 g/mol. The second-order valence-electron chi connectivity index (χ2n) is 3.98. The molecule has 80 valence electrons. The van der Waals surface area contributed by atoms with Crippen LogP contribution in [0.5, 0.6) is 0 Å². The van der Waals surface area contributed by atoms with Gasteiger partial charge in [-0.1, -0.05) is 0 Å². The number of aryl methyl sites for hydroxylation is 2. The summed E-state index contributed by atoms with van der Waals surface area (Å²) in [6.07, 6.45) is 4.12. The lowest BCUT2D eigenvalue weighted by Crippen LogP contribution is -2.26. The molecular formula is C11H14N2OS. The molecule has 1 saturated heterocycles. The van der Waals surface area contributed by atoms with Crippen molar-refractivity contribution in [3.05, 3.63) is 23.5 Å². The highest BCUT2D eigenvalue weighted by Crippen LogP contribution is 2.29. The number of carbonyl (C=O) groups is 1. The Labute approximate surface area is 94.9 Å². The van der Waals surface area contributed by atoms with Crippen LogP contribution >= 0.6 is 12.6 Å². The van der Waals surface area contributed by atoms with Gasteiger partial charge in [-0.05, 0) is 25.0 Å². The van der Waals surface area contributed by atoms with E-state index < -0.39 is 0 Å². The van der Waals surface area contributed by atoms with Crippen LogP contribution in [0, 0.1) is 13.8 Å². The number of rotatable bonds is 1. The first-order chi connectivity index (χ1) is 7.09. The predicted molar refractivity (Wildman–Crippen MR) is 63.5 cm³/mol. The van der Waals surface area contributed by atoms with Crippen LogP contribution < -0.4 is 4.90 Å². The number of anilines is 1. The van der Waals surface area contributed by atoms with Crippen molar-refractivity contribution in [3.8, 4) is 0 Å². The van der Waals surface area contributed by atoms with Gasteiger partial charge in [0.1, 0.15) is 0 Å². The fraction of sp³-hybridized carbons (Fsp3) is 0.455. The number of aromatic nitrogens is 1. The van der Waals surface area contributed by atoms with Gasteiger partial charge in [0.25, 0.3) is 0 Å². The van der Waals surface area contributed by atoms with Crippen molar-refractivity contribution < 1.29 is 4.79 Å². The molecule has 2 heterocycles. The fourth-order valence-electron chi connectivity index (χ4n) is 2.02. The molecule has 1 unspecified atom stereocenters. The van der Waals surface area contributed by atoms with Gasteiger partial charge >= 0.3 is 0 Å². The number of hydrogen-bond acceptors (Lipinski definition) is 3. The smallest absolute Gasteiger partial charge is 0.228 e. The van der Waals surface area contributed by atoms with Crippen LogP contribution in [0.25, 0.3) is 0 Å². The Kier molecular flexibility index (Phi) is 2.69. The van der Waals surface area contributed by atoms with Crippen molar-refractivity contribution >= 4 is 24.2 Å². The molecule has 0 aliphatic carbocycles. The Morgan fingerprint density at radius 2 is 2.00 bits per heavy atom. The molecule has 0 aromatic carbocycles. The zero-order valence-corrected chi connectivity index (χ0v) is 9.79. The number of amides is 1. The van der Waals surface area contributed by atoms with Gasteiger partial charge in [-0.2, -0.15) is 12.6 Å². The third kappa shape index (κ3) is 1.86. The molecule has 0 radical (unpaired) electrons. The maximum Gasteiger partial charge on any atom is 0.228 e. The van der Waals surface area contributed by atoms with E-state index in [0.717, 1.165) is 16.8 Å². The molecule has 0 saturated carbocycles. The van der Waals surface area contributed by atoms with E-state index in [4.69, 9.17) is 0 Å². The molecule has 0 N–H and O–H groups in total. The molecular weight excluding hydrogens is 208 g/mol. The summed E-state index contributed by atoms with van der Waals surface area (Å²) in [5.41, 5.74) is 3.10. The number of thiol groups is 1. The van der Waals surface area contributed by atoms with Crippen molar-refractivity contribution in [1.29, 1.82) is 0 Å². The summed E-state index contributed by atoms with van der Waals surface area (Å²) in [7, 11) is 0. The summed E-state index contributed by atoms with van der Waals surface area (Å²) < 4.78 is 0. The second kappa shape index (κ2) is 3.85. The van der Waals surface area contributed by atoms with Crippen molar-refractivity contribution in [2.24, 2.45) is 0 Å². The van der Waals surface area contributed by atoms with Gasteiger partial charge in [0.15, 0.2) is 0 Å². The Bertz CT molecular complexity index is 385. The average molecular weight is 222 g/mol. The molecule has 3 nitrogen and oxygen atoms in total. The van der Waals surface area contributed by atoms with E-state index >= 15 is 0 Å². The van der Waals surface area contributed by atoms with Gasteiger partial charge in [0.05, 0.1) is 5.69 Å². The first-order valence-electron chi connectivity index (χ1n) is 4.99. The minimum atomic E-state index is 0.157. The Balaban J connectivity index is 2.41. The molecule has 1 aromatic heterocycles. The van der Waals surface area contributed by atoms with E-state index in [1.54, 1.807) is 12.4 Å². The van der Waals surface area contributed by atoms with Gasteiger partial charge in [-0.15, -0.1) is 0 Å². The highest BCUT2D eigenvalue weighted by Gasteiger charge is 2.29. The lowest BCUT2D eigenvalue weighted by Gasteiger charge is -2.20. The van der Waals surface area contributed by atoms with E-state index in [2.05, 4.69) is 17.6 Å². The Morgan fingerprint density at radius 1 is 1.40 bits per heavy atom. The normalized spacial score (nSPS) is 21.1. The van der Waals surface area contributed by atoms with Gasteiger partial charge in [0, 0.05) is 30.6 Å². The van der Waals surface area contributed by atoms with Crippen molar-refractivity contribution in [3.63, 3.8) is 0 Å². The minimum Gasteiger partial charge on any atom is -0.311 e. The third-order valence-corrected chi connectivity index (χ3v) is 3.00. The lowest BCUT2D eigenvalue weighted by atomic mass is 10.1. The number of carbonyl (C=O) groups excluding carboxylic acids is 1. The van der Waals surface area contributed by atoms with Gasteiger partial charge < -0.3 is 4.90 Å². The molecule has 1 atom stereocenters. The molecule has 1 aliphatic rings. The number of hydrogen-bond donors (Lipinski definition) is 1. The summed E-state index contributed by atoms with van der Waals surface area (Å²) in [6, 6.07) is 0. The van der Waals surface area contributed by atoms with Crippen molar-refractivity contribution in [2.45, 2.75) is 25.5 Å². The zero-order valence-electron chi connectivity index (χ0n) is 8.90. The number of nitrogens with zero attached hydrogens (tertiary/aromatic N) is 2. The van der Waals surface area contributed by atoms with Crippen molar-refractivity contribution in [2.75, 3.05) is 11.4 Å². The summed E-state index contributed by atoms with van der Waals surface area (Å²) in [5, 5.41) is 0.157. The highest BCUT2D eigenvalue weighted by atomic mass is 32.1. The maximum absolute atomic E-state index is 11.7. The van der Waals surface area contributed by atoms with Crippen LogP contribution in [-0.4, -0.2) is 22.7 Å². The topological polar surface area (TPSA) is 33.2 Å². The standard InChI is InChI=1S/C11H14N2OS/c1-7-4-12-5-8(2)11(7)13-6-9(15)3-10(13)14/h4-5,9,15H,3,6H2,1-2H3. The first kappa shape index (κ1) is 10.5. The minimum absolute atomic E-state index is 0.157. The van der Waals surface area contributed by atoms with Crippen LogP contribution in [0.2, 0.25) is 0 Å². The van der Waals surface area contributed by atoms with Crippen LogP contribution in [0.4, 0.5) is 5.69 Å². The van der Waals surface area contributed by atoms with E-state index in [1.165, 1.54) is 0 Å². The summed E-state index contributed by atoms with van der Waals surface area (Å²) in [4.78, 5) is 17.7. The van der Waals surface area contributed by atoms with Crippen LogP contribution in [-0.2, 0) is 4.79 Å². The second-order valence-corrected chi connectivity index (χ2v) is 4.71.